The van der Waals surface area contributed by atoms with Crippen LogP contribution in [-0.4, -0.2) is 11.9 Å². The van der Waals surface area contributed by atoms with Crippen molar-refractivity contribution in [3.05, 3.63) is 63.6 Å². The third-order valence-corrected chi connectivity index (χ3v) is 4.56. The van der Waals surface area contributed by atoms with Gasteiger partial charge in [0.05, 0.1) is 0 Å². The van der Waals surface area contributed by atoms with E-state index in [0.717, 1.165) is 23.1 Å². The maximum atomic E-state index is 5.87. The molecule has 2 aromatic carbocycles. The number of halogens is 1. The second-order valence-corrected chi connectivity index (χ2v) is 6.47. The Bertz CT molecular complexity index is 624. The van der Waals surface area contributed by atoms with Crippen molar-refractivity contribution in [3.63, 3.8) is 0 Å². The Morgan fingerprint density at radius 1 is 1.25 bits per heavy atom. The van der Waals surface area contributed by atoms with Gasteiger partial charge in [0.2, 0.25) is 0 Å². The molecule has 0 heterocycles. The summed E-state index contributed by atoms with van der Waals surface area (Å²) in [5, 5.41) is 0. The zero-order chi connectivity index (χ0) is 14.1. The number of hydrogen-bond acceptors (Lipinski definition) is 2. The highest BCUT2D eigenvalue weighted by atomic mass is 79.9. The number of aryl methyl sites for hydroxylation is 1. The Labute approximate surface area is 128 Å². The van der Waals surface area contributed by atoms with Crippen LogP contribution in [0.25, 0.3) is 0 Å². The molecule has 3 rings (SSSR count). The first-order valence-electron chi connectivity index (χ1n) is 6.96. The molecule has 20 heavy (non-hydrogen) atoms. The SMILES string of the molecule is CN(Cc1cccc(Br)c1)C1CCc2cc(N)ccc21. The monoisotopic (exact) mass is 330 g/mol. The second-order valence-electron chi connectivity index (χ2n) is 5.56. The molecule has 0 saturated heterocycles. The summed E-state index contributed by atoms with van der Waals surface area (Å²) in [7, 11) is 2.21. The highest BCUT2D eigenvalue weighted by Gasteiger charge is 2.25. The molecular formula is C17H19BrN2. The fourth-order valence-electron chi connectivity index (χ4n) is 3.11. The molecule has 1 aliphatic rings. The average molecular weight is 331 g/mol. The first-order valence-corrected chi connectivity index (χ1v) is 7.76. The standard InChI is InChI=1S/C17H19BrN2/c1-20(11-12-3-2-4-14(18)9-12)17-8-5-13-10-15(19)6-7-16(13)17/h2-4,6-7,9-10,17H,5,8,11,19H2,1H3. The van der Waals surface area contributed by atoms with Crippen LogP contribution in [0.1, 0.15) is 29.2 Å². The molecule has 0 saturated carbocycles. The maximum absolute atomic E-state index is 5.87. The van der Waals surface area contributed by atoms with Gasteiger partial charge >= 0.3 is 0 Å². The summed E-state index contributed by atoms with van der Waals surface area (Å²) in [6.45, 7) is 0.966. The zero-order valence-corrected chi connectivity index (χ0v) is 13.2. The van der Waals surface area contributed by atoms with E-state index < -0.39 is 0 Å². The molecule has 0 radical (unpaired) electrons. The van der Waals surface area contributed by atoms with Crippen LogP contribution in [0.15, 0.2) is 46.9 Å². The molecule has 1 unspecified atom stereocenters. The molecule has 104 valence electrons. The van der Waals surface area contributed by atoms with Gasteiger partial charge in [-0.15, -0.1) is 0 Å². The number of hydrogen-bond donors (Lipinski definition) is 1. The average Bonchev–Trinajstić information content (AvgIpc) is 2.81. The van der Waals surface area contributed by atoms with Crippen molar-refractivity contribution in [1.29, 1.82) is 0 Å². The molecule has 0 aromatic heterocycles. The predicted octanol–water partition coefficient (Wildman–Crippen LogP) is 4.15. The molecule has 0 amide bonds. The third-order valence-electron chi connectivity index (χ3n) is 4.07. The van der Waals surface area contributed by atoms with Crippen LogP contribution in [0, 0.1) is 0 Å². The maximum Gasteiger partial charge on any atom is 0.0354 e. The Kier molecular flexibility index (Phi) is 3.81. The summed E-state index contributed by atoms with van der Waals surface area (Å²) < 4.78 is 1.14. The first kappa shape index (κ1) is 13.7. The Morgan fingerprint density at radius 2 is 2.10 bits per heavy atom. The van der Waals surface area contributed by atoms with Crippen LogP contribution in [0.5, 0.6) is 0 Å². The molecule has 0 spiro atoms. The quantitative estimate of drug-likeness (QED) is 0.856. The lowest BCUT2D eigenvalue weighted by atomic mass is 10.1. The van der Waals surface area contributed by atoms with E-state index in [1.54, 1.807) is 0 Å². The Hall–Kier alpha value is -1.32. The normalized spacial score (nSPS) is 17.4. The fourth-order valence-corrected chi connectivity index (χ4v) is 3.55. The molecule has 1 aliphatic carbocycles. The lowest BCUT2D eigenvalue weighted by molar-refractivity contribution is 0.236. The molecule has 2 N–H and O–H groups in total. The minimum atomic E-state index is 0.504. The molecule has 0 aliphatic heterocycles. The summed E-state index contributed by atoms with van der Waals surface area (Å²) in [5.74, 6) is 0. The van der Waals surface area contributed by atoms with Gasteiger partial charge in [-0.3, -0.25) is 4.90 Å². The van der Waals surface area contributed by atoms with E-state index >= 15 is 0 Å². The minimum Gasteiger partial charge on any atom is -0.399 e. The number of benzene rings is 2. The highest BCUT2D eigenvalue weighted by molar-refractivity contribution is 9.10. The van der Waals surface area contributed by atoms with Crippen molar-refractivity contribution in [2.75, 3.05) is 12.8 Å². The van der Waals surface area contributed by atoms with E-state index in [9.17, 15) is 0 Å². The van der Waals surface area contributed by atoms with Crippen LogP contribution in [-0.2, 0) is 13.0 Å². The zero-order valence-electron chi connectivity index (χ0n) is 11.6. The van der Waals surface area contributed by atoms with Crippen molar-refractivity contribution in [2.45, 2.75) is 25.4 Å². The molecule has 3 heteroatoms. The van der Waals surface area contributed by atoms with Gasteiger partial charge in [0.1, 0.15) is 0 Å². The van der Waals surface area contributed by atoms with Gasteiger partial charge < -0.3 is 5.73 Å². The van der Waals surface area contributed by atoms with Crippen molar-refractivity contribution in [3.8, 4) is 0 Å². The summed E-state index contributed by atoms with van der Waals surface area (Å²) in [6.07, 6.45) is 2.32. The van der Waals surface area contributed by atoms with Crippen LogP contribution in [0.2, 0.25) is 0 Å². The largest absolute Gasteiger partial charge is 0.399 e. The van der Waals surface area contributed by atoms with Crippen LogP contribution in [0.3, 0.4) is 0 Å². The number of nitrogens with zero attached hydrogens (tertiary/aromatic N) is 1. The molecule has 2 aromatic rings. The molecule has 0 bridgehead atoms. The van der Waals surface area contributed by atoms with E-state index in [4.69, 9.17) is 5.73 Å². The summed E-state index contributed by atoms with van der Waals surface area (Å²) in [4.78, 5) is 2.43. The second kappa shape index (κ2) is 5.58. The number of rotatable bonds is 3. The van der Waals surface area contributed by atoms with Gasteiger partial charge in [0.15, 0.2) is 0 Å². The van der Waals surface area contributed by atoms with Gasteiger partial charge in [-0.25, -0.2) is 0 Å². The smallest absolute Gasteiger partial charge is 0.0354 e. The van der Waals surface area contributed by atoms with Crippen molar-refractivity contribution in [1.82, 2.24) is 4.90 Å². The van der Waals surface area contributed by atoms with E-state index in [-0.39, 0.29) is 0 Å². The number of nitrogen functional groups attached to an aromatic ring is 1. The summed E-state index contributed by atoms with van der Waals surface area (Å²) in [6, 6.07) is 15.4. The van der Waals surface area contributed by atoms with Gasteiger partial charge in [0, 0.05) is 22.7 Å². The van der Waals surface area contributed by atoms with Gasteiger partial charge in [-0.2, -0.15) is 0 Å². The highest BCUT2D eigenvalue weighted by Crippen LogP contribution is 2.36. The number of nitrogens with two attached hydrogens (primary N) is 1. The summed E-state index contributed by atoms with van der Waals surface area (Å²) in [5.41, 5.74) is 10.9. The fraction of sp³-hybridized carbons (Fsp3) is 0.294. The first-order chi connectivity index (χ1) is 9.63. The van der Waals surface area contributed by atoms with Crippen molar-refractivity contribution >= 4 is 21.6 Å². The Balaban J connectivity index is 1.78. The Morgan fingerprint density at radius 3 is 2.90 bits per heavy atom. The predicted molar refractivity (Wildman–Crippen MR) is 87.5 cm³/mol. The lowest BCUT2D eigenvalue weighted by Crippen LogP contribution is -2.22. The number of fused-ring (bicyclic) bond motifs is 1. The van der Waals surface area contributed by atoms with Gasteiger partial charge in [-0.1, -0.05) is 34.1 Å². The van der Waals surface area contributed by atoms with Crippen LogP contribution < -0.4 is 5.73 Å². The van der Waals surface area contributed by atoms with Gasteiger partial charge in [0.25, 0.3) is 0 Å². The minimum absolute atomic E-state index is 0.504. The van der Waals surface area contributed by atoms with E-state index in [0.29, 0.717) is 6.04 Å². The van der Waals surface area contributed by atoms with Crippen LogP contribution in [0.4, 0.5) is 5.69 Å². The number of anilines is 1. The lowest BCUT2D eigenvalue weighted by Gasteiger charge is -2.25. The molecule has 0 fully saturated rings. The van der Waals surface area contributed by atoms with E-state index in [1.807, 2.05) is 6.07 Å². The van der Waals surface area contributed by atoms with Gasteiger partial charge in [-0.05, 0) is 60.8 Å². The van der Waals surface area contributed by atoms with Crippen molar-refractivity contribution < 1.29 is 0 Å². The molecule has 1 atom stereocenters. The van der Waals surface area contributed by atoms with Crippen molar-refractivity contribution in [2.24, 2.45) is 0 Å². The van der Waals surface area contributed by atoms with E-state index in [1.165, 1.54) is 23.1 Å². The van der Waals surface area contributed by atoms with Crippen LogP contribution >= 0.6 is 15.9 Å². The molecule has 2 nitrogen and oxygen atoms in total. The van der Waals surface area contributed by atoms with E-state index in [2.05, 4.69) is 64.3 Å². The third kappa shape index (κ3) is 2.74. The topological polar surface area (TPSA) is 29.3 Å². The molecular weight excluding hydrogens is 312 g/mol. The summed E-state index contributed by atoms with van der Waals surface area (Å²) >= 11 is 3.54.